The molecule has 1 aliphatic rings. The molecule has 2 N–H and O–H groups in total. The molecule has 94 valence electrons. The Bertz CT molecular complexity index is 231. The van der Waals surface area contributed by atoms with E-state index < -0.39 is 12.0 Å². The van der Waals surface area contributed by atoms with Crippen molar-refractivity contribution in [2.24, 2.45) is 5.73 Å². The van der Waals surface area contributed by atoms with Crippen molar-refractivity contribution in [3.05, 3.63) is 0 Å². The Kier molecular flexibility index (Phi) is 7.54. The molecule has 0 spiro atoms. The molecule has 1 saturated heterocycles. The second-order valence-corrected chi connectivity index (χ2v) is 3.44. The molecule has 0 bridgehead atoms. The van der Waals surface area contributed by atoms with Gasteiger partial charge in [-0.05, 0) is 19.3 Å². The zero-order valence-corrected chi connectivity index (χ0v) is 10.4. The molecule has 1 fully saturated rings. The van der Waals surface area contributed by atoms with Gasteiger partial charge in [0.1, 0.15) is 6.54 Å². The monoisotopic (exact) mass is 230 g/mol. The number of carbonyl (C=O) groups excluding carboxylic acids is 2. The van der Waals surface area contributed by atoms with Crippen LogP contribution in [0, 0.1) is 0 Å². The van der Waals surface area contributed by atoms with Gasteiger partial charge in [-0.25, -0.2) is 0 Å². The highest BCUT2D eigenvalue weighted by Gasteiger charge is 2.25. The van der Waals surface area contributed by atoms with Crippen LogP contribution >= 0.6 is 0 Å². The SMILES string of the molecule is CC.COC(=O)CN1CCCCC(N)C1=O. The summed E-state index contributed by atoms with van der Waals surface area (Å²) in [5.74, 6) is -0.541. The molecule has 1 aliphatic heterocycles. The largest absolute Gasteiger partial charge is 0.468 e. The number of methoxy groups -OCH3 is 1. The van der Waals surface area contributed by atoms with Crippen molar-refractivity contribution >= 4 is 11.9 Å². The lowest BCUT2D eigenvalue weighted by molar-refractivity contribution is -0.147. The van der Waals surface area contributed by atoms with Gasteiger partial charge < -0.3 is 15.4 Å². The Morgan fingerprint density at radius 2 is 2.12 bits per heavy atom. The number of hydrogen-bond donors (Lipinski definition) is 1. The molecule has 16 heavy (non-hydrogen) atoms. The van der Waals surface area contributed by atoms with Crippen LogP contribution in [0.5, 0.6) is 0 Å². The molecule has 5 nitrogen and oxygen atoms in total. The van der Waals surface area contributed by atoms with Crippen molar-refractivity contribution in [2.45, 2.75) is 39.2 Å². The maximum Gasteiger partial charge on any atom is 0.325 e. The van der Waals surface area contributed by atoms with Gasteiger partial charge in [0, 0.05) is 6.54 Å². The number of nitrogens with zero attached hydrogens (tertiary/aromatic N) is 1. The van der Waals surface area contributed by atoms with Crippen molar-refractivity contribution in [1.29, 1.82) is 0 Å². The second-order valence-electron chi connectivity index (χ2n) is 3.44. The fourth-order valence-corrected chi connectivity index (χ4v) is 1.51. The summed E-state index contributed by atoms with van der Waals surface area (Å²) < 4.78 is 4.50. The van der Waals surface area contributed by atoms with Crippen LogP contribution in [0.1, 0.15) is 33.1 Å². The molecule has 1 unspecified atom stereocenters. The predicted octanol–water partition coefficient (Wildman–Crippen LogP) is 0.525. The third-order valence-electron chi connectivity index (χ3n) is 2.37. The molecule has 1 rings (SSSR count). The first-order valence-electron chi connectivity index (χ1n) is 5.76. The summed E-state index contributed by atoms with van der Waals surface area (Å²) in [6, 6.07) is -0.456. The standard InChI is InChI=1S/C9H16N2O3.C2H6/c1-14-8(12)6-11-5-3-2-4-7(10)9(11)13;1-2/h7H,2-6,10H2,1H3;1-2H3. The molecule has 0 aliphatic carbocycles. The number of ether oxygens (including phenoxy) is 1. The van der Waals surface area contributed by atoms with E-state index in [1.807, 2.05) is 13.8 Å². The number of amides is 1. The smallest absolute Gasteiger partial charge is 0.325 e. The van der Waals surface area contributed by atoms with E-state index in [4.69, 9.17) is 5.73 Å². The van der Waals surface area contributed by atoms with Crippen LogP contribution < -0.4 is 5.73 Å². The van der Waals surface area contributed by atoms with Crippen LogP contribution in [0.3, 0.4) is 0 Å². The molecule has 5 heteroatoms. The van der Waals surface area contributed by atoms with Crippen molar-refractivity contribution < 1.29 is 14.3 Å². The average molecular weight is 230 g/mol. The summed E-state index contributed by atoms with van der Waals surface area (Å²) in [7, 11) is 1.31. The van der Waals surface area contributed by atoms with E-state index in [2.05, 4.69) is 4.74 Å². The van der Waals surface area contributed by atoms with E-state index in [0.717, 1.165) is 12.8 Å². The zero-order valence-electron chi connectivity index (χ0n) is 10.4. The van der Waals surface area contributed by atoms with Crippen molar-refractivity contribution in [3.8, 4) is 0 Å². The summed E-state index contributed by atoms with van der Waals surface area (Å²) in [5, 5.41) is 0. The molecule has 1 atom stereocenters. The molecule has 1 amide bonds. The number of esters is 1. The summed E-state index contributed by atoms with van der Waals surface area (Å²) in [6.45, 7) is 4.62. The van der Waals surface area contributed by atoms with E-state index >= 15 is 0 Å². The van der Waals surface area contributed by atoms with Gasteiger partial charge in [-0.3, -0.25) is 9.59 Å². The topological polar surface area (TPSA) is 72.6 Å². The summed E-state index contributed by atoms with van der Waals surface area (Å²) in [6.07, 6.45) is 2.54. The van der Waals surface area contributed by atoms with E-state index in [-0.39, 0.29) is 12.5 Å². The van der Waals surface area contributed by atoms with Gasteiger partial charge in [0.05, 0.1) is 13.2 Å². The highest BCUT2D eigenvalue weighted by Crippen LogP contribution is 2.10. The first kappa shape index (κ1) is 14.9. The first-order valence-corrected chi connectivity index (χ1v) is 5.76. The minimum Gasteiger partial charge on any atom is -0.468 e. The highest BCUT2D eigenvalue weighted by atomic mass is 16.5. The molecular formula is C11H22N2O3. The third kappa shape index (κ3) is 4.61. The summed E-state index contributed by atoms with van der Waals surface area (Å²) >= 11 is 0. The Labute approximate surface area is 96.9 Å². The van der Waals surface area contributed by atoms with Crippen LogP contribution in [0.25, 0.3) is 0 Å². The quantitative estimate of drug-likeness (QED) is 0.702. The van der Waals surface area contributed by atoms with E-state index in [1.165, 1.54) is 12.0 Å². The second kappa shape index (κ2) is 8.10. The van der Waals surface area contributed by atoms with Crippen molar-refractivity contribution in [2.75, 3.05) is 20.2 Å². The van der Waals surface area contributed by atoms with Crippen molar-refractivity contribution in [1.82, 2.24) is 4.90 Å². The molecule has 1 heterocycles. The minimum absolute atomic E-state index is 0.0169. The normalized spacial score (nSPS) is 20.6. The van der Waals surface area contributed by atoms with Gasteiger partial charge in [-0.15, -0.1) is 0 Å². The Balaban J connectivity index is 0.00000106. The van der Waals surface area contributed by atoms with E-state index in [9.17, 15) is 9.59 Å². The van der Waals surface area contributed by atoms with Gasteiger partial charge in [0.2, 0.25) is 5.91 Å². The maximum absolute atomic E-state index is 11.6. The van der Waals surface area contributed by atoms with Crippen molar-refractivity contribution in [3.63, 3.8) is 0 Å². The van der Waals surface area contributed by atoms with Gasteiger partial charge >= 0.3 is 5.97 Å². The number of nitrogens with two attached hydrogens (primary N) is 1. The van der Waals surface area contributed by atoms with Gasteiger partial charge in [0.15, 0.2) is 0 Å². The molecular weight excluding hydrogens is 208 g/mol. The maximum atomic E-state index is 11.6. The molecule has 0 radical (unpaired) electrons. The Morgan fingerprint density at radius 3 is 2.69 bits per heavy atom. The van der Waals surface area contributed by atoms with Crippen LogP contribution in [0.4, 0.5) is 0 Å². The lowest BCUT2D eigenvalue weighted by Crippen LogP contribution is -2.44. The first-order chi connectivity index (χ1) is 7.65. The van der Waals surface area contributed by atoms with E-state index in [0.29, 0.717) is 13.0 Å². The van der Waals surface area contributed by atoms with Gasteiger partial charge in [-0.1, -0.05) is 13.8 Å². The number of carbonyl (C=O) groups is 2. The molecule has 0 aromatic heterocycles. The fraction of sp³-hybridized carbons (Fsp3) is 0.818. The minimum atomic E-state index is -0.456. The number of hydrogen-bond acceptors (Lipinski definition) is 4. The fourth-order valence-electron chi connectivity index (χ4n) is 1.51. The van der Waals surface area contributed by atoms with Crippen LogP contribution in [-0.2, 0) is 14.3 Å². The molecule has 0 aromatic rings. The Hall–Kier alpha value is -1.10. The number of rotatable bonds is 2. The molecule has 0 saturated carbocycles. The lowest BCUT2D eigenvalue weighted by atomic mass is 10.1. The summed E-state index contributed by atoms with van der Waals surface area (Å²) in [5.41, 5.74) is 5.64. The Morgan fingerprint density at radius 1 is 1.50 bits per heavy atom. The zero-order chi connectivity index (χ0) is 12.6. The van der Waals surface area contributed by atoms with Crippen LogP contribution in [0.15, 0.2) is 0 Å². The van der Waals surface area contributed by atoms with Gasteiger partial charge in [-0.2, -0.15) is 0 Å². The van der Waals surface area contributed by atoms with Gasteiger partial charge in [0.25, 0.3) is 0 Å². The third-order valence-corrected chi connectivity index (χ3v) is 2.37. The highest BCUT2D eigenvalue weighted by molar-refractivity contribution is 5.85. The lowest BCUT2D eigenvalue weighted by Gasteiger charge is -2.20. The average Bonchev–Trinajstić information content (AvgIpc) is 2.47. The number of likely N-dealkylation sites (tertiary alicyclic amines) is 1. The molecule has 0 aromatic carbocycles. The van der Waals surface area contributed by atoms with E-state index in [1.54, 1.807) is 0 Å². The summed E-state index contributed by atoms with van der Waals surface area (Å²) in [4.78, 5) is 24.1. The van der Waals surface area contributed by atoms with Crippen LogP contribution in [0.2, 0.25) is 0 Å². The van der Waals surface area contributed by atoms with Crippen LogP contribution in [-0.4, -0.2) is 43.0 Å². The predicted molar refractivity (Wildman–Crippen MR) is 61.8 cm³/mol.